The molecule has 1 aliphatic heterocycles. The molecule has 0 aromatic heterocycles. The number of hydrogen-bond acceptors (Lipinski definition) is 2. The van der Waals surface area contributed by atoms with E-state index in [2.05, 4.69) is 17.4 Å². The minimum absolute atomic E-state index is 0.255. The first-order valence-corrected chi connectivity index (χ1v) is 4.04. The van der Waals surface area contributed by atoms with Crippen LogP contribution < -0.4 is 5.32 Å². The van der Waals surface area contributed by atoms with Gasteiger partial charge in [-0.1, -0.05) is 30.3 Å². The SMILES string of the molecule is C(=Cc1ccccc1)NC1CO1. The first-order chi connectivity index (χ1) is 5.95. The second-order valence-corrected chi connectivity index (χ2v) is 2.73. The van der Waals surface area contributed by atoms with Crippen LogP contribution in [-0.4, -0.2) is 12.8 Å². The molecule has 1 N–H and O–H groups in total. The Balaban J connectivity index is 1.89. The van der Waals surface area contributed by atoms with Gasteiger partial charge in [-0.25, -0.2) is 0 Å². The maximum Gasteiger partial charge on any atom is 0.151 e. The molecule has 1 aromatic rings. The summed E-state index contributed by atoms with van der Waals surface area (Å²) in [5, 5.41) is 3.10. The van der Waals surface area contributed by atoms with Crippen LogP contribution in [0.15, 0.2) is 36.5 Å². The molecule has 1 aromatic carbocycles. The third-order valence-electron chi connectivity index (χ3n) is 1.69. The van der Waals surface area contributed by atoms with E-state index in [-0.39, 0.29) is 6.23 Å². The second kappa shape index (κ2) is 3.41. The van der Waals surface area contributed by atoms with Gasteiger partial charge in [0.15, 0.2) is 6.23 Å². The number of hydrogen-bond donors (Lipinski definition) is 1. The molecule has 1 atom stereocenters. The largest absolute Gasteiger partial charge is 0.364 e. The van der Waals surface area contributed by atoms with Gasteiger partial charge in [0.25, 0.3) is 0 Å². The summed E-state index contributed by atoms with van der Waals surface area (Å²) in [5.41, 5.74) is 1.20. The quantitative estimate of drug-likeness (QED) is 0.681. The van der Waals surface area contributed by atoms with Crippen LogP contribution in [0.2, 0.25) is 0 Å². The molecule has 1 fully saturated rings. The Kier molecular flexibility index (Phi) is 2.10. The lowest BCUT2D eigenvalue weighted by atomic mass is 10.2. The van der Waals surface area contributed by atoms with Crippen LogP contribution in [0.25, 0.3) is 6.08 Å². The molecule has 0 spiro atoms. The van der Waals surface area contributed by atoms with Crippen LogP contribution in [0.5, 0.6) is 0 Å². The molecule has 2 heteroatoms. The van der Waals surface area contributed by atoms with E-state index < -0.39 is 0 Å². The van der Waals surface area contributed by atoms with Crippen LogP contribution in [0.3, 0.4) is 0 Å². The zero-order valence-corrected chi connectivity index (χ0v) is 6.73. The molecule has 0 saturated carbocycles. The van der Waals surface area contributed by atoms with Gasteiger partial charge in [0.2, 0.25) is 0 Å². The topological polar surface area (TPSA) is 24.6 Å². The van der Waals surface area contributed by atoms with Crippen molar-refractivity contribution in [3.63, 3.8) is 0 Å². The number of rotatable bonds is 3. The summed E-state index contributed by atoms with van der Waals surface area (Å²) in [6.45, 7) is 0.832. The Morgan fingerprint density at radius 2 is 2.08 bits per heavy atom. The van der Waals surface area contributed by atoms with Crippen molar-refractivity contribution < 1.29 is 4.74 Å². The maximum absolute atomic E-state index is 4.98. The van der Waals surface area contributed by atoms with Crippen LogP contribution in [0.4, 0.5) is 0 Å². The summed E-state index contributed by atoms with van der Waals surface area (Å²) in [6, 6.07) is 10.2. The first-order valence-electron chi connectivity index (χ1n) is 4.04. The highest BCUT2D eigenvalue weighted by Gasteiger charge is 2.19. The molecule has 2 rings (SSSR count). The van der Waals surface area contributed by atoms with E-state index in [0.717, 1.165) is 6.61 Å². The fourth-order valence-electron chi connectivity index (χ4n) is 0.960. The van der Waals surface area contributed by atoms with Crippen LogP contribution in [0, 0.1) is 0 Å². The summed E-state index contributed by atoms with van der Waals surface area (Å²) in [5.74, 6) is 0. The second-order valence-electron chi connectivity index (χ2n) is 2.73. The Labute approximate surface area is 71.9 Å². The molecule has 12 heavy (non-hydrogen) atoms. The summed E-state index contributed by atoms with van der Waals surface area (Å²) in [7, 11) is 0. The first kappa shape index (κ1) is 7.37. The van der Waals surface area contributed by atoms with Crippen LogP contribution in [-0.2, 0) is 4.74 Å². The summed E-state index contributed by atoms with van der Waals surface area (Å²) in [4.78, 5) is 0. The molecule has 0 radical (unpaired) electrons. The van der Waals surface area contributed by atoms with E-state index in [1.807, 2.05) is 30.5 Å². The van der Waals surface area contributed by atoms with Crippen molar-refractivity contribution in [3.8, 4) is 0 Å². The number of nitrogens with one attached hydrogen (secondary N) is 1. The van der Waals surface area contributed by atoms with E-state index in [1.54, 1.807) is 0 Å². The molecule has 0 bridgehead atoms. The van der Waals surface area contributed by atoms with Gasteiger partial charge in [-0.15, -0.1) is 0 Å². The van der Waals surface area contributed by atoms with Crippen molar-refractivity contribution in [2.24, 2.45) is 0 Å². The average molecular weight is 161 g/mol. The van der Waals surface area contributed by atoms with Gasteiger partial charge < -0.3 is 10.1 Å². The van der Waals surface area contributed by atoms with Crippen molar-refractivity contribution >= 4 is 6.08 Å². The predicted molar refractivity (Wildman–Crippen MR) is 48.4 cm³/mol. The molecular formula is C10H11NO. The Morgan fingerprint density at radius 3 is 2.75 bits per heavy atom. The van der Waals surface area contributed by atoms with E-state index >= 15 is 0 Å². The molecule has 1 saturated heterocycles. The highest BCUT2D eigenvalue weighted by molar-refractivity contribution is 5.48. The Morgan fingerprint density at radius 1 is 1.33 bits per heavy atom. The summed E-state index contributed by atoms with van der Waals surface area (Å²) in [6.07, 6.45) is 4.21. The van der Waals surface area contributed by atoms with Gasteiger partial charge in [0, 0.05) is 0 Å². The zero-order chi connectivity index (χ0) is 8.23. The highest BCUT2D eigenvalue weighted by atomic mass is 16.6. The van der Waals surface area contributed by atoms with Crippen LogP contribution >= 0.6 is 0 Å². The molecule has 1 aliphatic rings. The minimum Gasteiger partial charge on any atom is -0.364 e. The molecule has 1 heterocycles. The van der Waals surface area contributed by atoms with Gasteiger partial charge in [-0.2, -0.15) is 0 Å². The highest BCUT2D eigenvalue weighted by Crippen LogP contribution is 2.05. The number of benzene rings is 1. The summed E-state index contributed by atoms with van der Waals surface area (Å²) >= 11 is 0. The fraction of sp³-hybridized carbons (Fsp3) is 0.200. The van der Waals surface area contributed by atoms with Crippen molar-refractivity contribution in [2.45, 2.75) is 6.23 Å². The van der Waals surface area contributed by atoms with Crippen molar-refractivity contribution in [1.29, 1.82) is 0 Å². The molecular weight excluding hydrogens is 150 g/mol. The number of ether oxygens (including phenoxy) is 1. The van der Waals surface area contributed by atoms with E-state index in [0.29, 0.717) is 0 Å². The Hall–Kier alpha value is -1.28. The van der Waals surface area contributed by atoms with Gasteiger partial charge in [0.1, 0.15) is 0 Å². The third kappa shape index (κ3) is 2.10. The zero-order valence-electron chi connectivity index (χ0n) is 6.73. The Bertz CT molecular complexity index is 264. The molecule has 0 amide bonds. The lowest BCUT2D eigenvalue weighted by Crippen LogP contribution is -2.07. The van der Waals surface area contributed by atoms with E-state index in [9.17, 15) is 0 Å². The molecule has 62 valence electrons. The van der Waals surface area contributed by atoms with Gasteiger partial charge >= 0.3 is 0 Å². The third-order valence-corrected chi connectivity index (χ3v) is 1.69. The van der Waals surface area contributed by atoms with E-state index in [1.165, 1.54) is 5.56 Å². The van der Waals surface area contributed by atoms with Gasteiger partial charge in [0.05, 0.1) is 6.61 Å². The standard InChI is InChI=1S/C10H11NO/c1-2-4-9(5-3-1)6-7-11-10-8-12-10/h1-7,10-11H,8H2. The van der Waals surface area contributed by atoms with Crippen molar-refractivity contribution in [1.82, 2.24) is 5.32 Å². The molecule has 0 aliphatic carbocycles. The molecule has 1 unspecified atom stereocenters. The monoisotopic (exact) mass is 161 g/mol. The average Bonchev–Trinajstić information content (AvgIpc) is 2.90. The molecule has 2 nitrogen and oxygen atoms in total. The number of epoxide rings is 1. The lowest BCUT2D eigenvalue weighted by molar-refractivity contribution is 0.391. The van der Waals surface area contributed by atoms with Crippen molar-refractivity contribution in [2.75, 3.05) is 6.61 Å². The lowest BCUT2D eigenvalue weighted by Gasteiger charge is -1.92. The minimum atomic E-state index is 0.255. The van der Waals surface area contributed by atoms with Crippen molar-refractivity contribution in [3.05, 3.63) is 42.1 Å². The van der Waals surface area contributed by atoms with Gasteiger partial charge in [-0.05, 0) is 17.8 Å². The van der Waals surface area contributed by atoms with Crippen LogP contribution in [0.1, 0.15) is 5.56 Å². The summed E-state index contributed by atoms with van der Waals surface area (Å²) < 4.78 is 4.98. The normalized spacial score (nSPS) is 21.2. The smallest absolute Gasteiger partial charge is 0.151 e. The fourth-order valence-corrected chi connectivity index (χ4v) is 0.960. The van der Waals surface area contributed by atoms with E-state index in [4.69, 9.17) is 4.74 Å². The predicted octanol–water partition coefficient (Wildman–Crippen LogP) is 1.60. The van der Waals surface area contributed by atoms with Gasteiger partial charge in [-0.3, -0.25) is 0 Å². The maximum atomic E-state index is 4.98.